The van der Waals surface area contributed by atoms with Crippen molar-refractivity contribution in [2.75, 3.05) is 0 Å². The number of hydrogen-bond donors (Lipinski definition) is 1. The number of rotatable bonds is 4. The summed E-state index contributed by atoms with van der Waals surface area (Å²) in [6, 6.07) is 11.4. The van der Waals surface area contributed by atoms with Gasteiger partial charge in [-0.1, -0.05) is 30.3 Å². The summed E-state index contributed by atoms with van der Waals surface area (Å²) in [5, 5.41) is 1.90. The van der Waals surface area contributed by atoms with E-state index in [1.54, 1.807) is 11.3 Å². The highest BCUT2D eigenvalue weighted by Crippen LogP contribution is 2.19. The molecule has 0 fully saturated rings. The van der Waals surface area contributed by atoms with Crippen LogP contribution in [0.15, 0.2) is 41.8 Å². The van der Waals surface area contributed by atoms with Crippen LogP contribution in [0.5, 0.6) is 0 Å². The molecule has 1 unspecified atom stereocenters. The maximum absolute atomic E-state index is 12.0. The van der Waals surface area contributed by atoms with Crippen molar-refractivity contribution in [1.29, 1.82) is 0 Å². The molecule has 88 valence electrons. The molecule has 0 amide bonds. The van der Waals surface area contributed by atoms with Crippen molar-refractivity contribution >= 4 is 17.1 Å². The maximum Gasteiger partial charge on any atom is 0.165 e. The smallest absolute Gasteiger partial charge is 0.165 e. The molecule has 0 radical (unpaired) electrons. The molecule has 0 aliphatic heterocycles. The Balaban J connectivity index is 2.04. The van der Waals surface area contributed by atoms with Gasteiger partial charge >= 0.3 is 0 Å². The second kappa shape index (κ2) is 5.25. The quantitative estimate of drug-likeness (QED) is 0.840. The fraction of sp³-hybridized carbons (Fsp3) is 0.214. The van der Waals surface area contributed by atoms with Crippen LogP contribution in [0.1, 0.15) is 33.3 Å². The largest absolute Gasteiger partial charge is 0.324 e. The predicted molar refractivity (Wildman–Crippen MR) is 71.4 cm³/mol. The Bertz CT molecular complexity index is 504. The number of hydrogen-bond acceptors (Lipinski definition) is 3. The molecule has 3 heteroatoms. The van der Waals surface area contributed by atoms with E-state index in [9.17, 15) is 4.79 Å². The normalized spacial score (nSPS) is 12.4. The molecule has 0 spiro atoms. The van der Waals surface area contributed by atoms with Gasteiger partial charge < -0.3 is 5.73 Å². The number of ketones is 1. The summed E-state index contributed by atoms with van der Waals surface area (Å²) in [5.74, 6) is 0.116. The van der Waals surface area contributed by atoms with Gasteiger partial charge in [0.25, 0.3) is 0 Å². The highest BCUT2D eigenvalue weighted by Gasteiger charge is 2.13. The van der Waals surface area contributed by atoms with E-state index in [0.717, 1.165) is 16.0 Å². The summed E-state index contributed by atoms with van der Waals surface area (Å²) < 4.78 is 0. The Kier molecular flexibility index (Phi) is 3.71. The van der Waals surface area contributed by atoms with Gasteiger partial charge in [-0.2, -0.15) is 0 Å². The van der Waals surface area contributed by atoms with Crippen molar-refractivity contribution in [3.8, 4) is 0 Å². The lowest BCUT2D eigenvalue weighted by Crippen LogP contribution is -2.15. The number of carbonyl (C=O) groups excluding carboxylic acids is 1. The molecule has 0 aliphatic rings. The van der Waals surface area contributed by atoms with E-state index in [1.165, 1.54) is 0 Å². The number of aryl methyl sites for hydroxylation is 1. The van der Waals surface area contributed by atoms with Crippen LogP contribution in [0.25, 0.3) is 0 Å². The minimum absolute atomic E-state index is 0.116. The van der Waals surface area contributed by atoms with Crippen LogP contribution < -0.4 is 5.73 Å². The molecular formula is C14H15NOS. The van der Waals surface area contributed by atoms with Crippen molar-refractivity contribution in [3.63, 3.8) is 0 Å². The van der Waals surface area contributed by atoms with Crippen LogP contribution in [0, 0.1) is 6.92 Å². The zero-order chi connectivity index (χ0) is 12.3. The molecule has 1 aromatic carbocycles. The van der Waals surface area contributed by atoms with Crippen molar-refractivity contribution in [2.24, 2.45) is 5.73 Å². The SMILES string of the molecule is Cc1cc(C(=O)CC(N)c2ccccc2)cs1. The third kappa shape index (κ3) is 3.02. The number of benzene rings is 1. The lowest BCUT2D eigenvalue weighted by atomic mass is 10.00. The zero-order valence-corrected chi connectivity index (χ0v) is 10.5. The Labute approximate surface area is 105 Å². The predicted octanol–water partition coefficient (Wildman–Crippen LogP) is 3.33. The van der Waals surface area contributed by atoms with Gasteiger partial charge in [0.15, 0.2) is 5.78 Å². The molecule has 0 bridgehead atoms. The van der Waals surface area contributed by atoms with Crippen molar-refractivity contribution in [2.45, 2.75) is 19.4 Å². The summed E-state index contributed by atoms with van der Waals surface area (Å²) >= 11 is 1.59. The van der Waals surface area contributed by atoms with Gasteiger partial charge in [0.2, 0.25) is 0 Å². The van der Waals surface area contributed by atoms with Gasteiger partial charge in [-0.25, -0.2) is 0 Å². The summed E-state index contributed by atoms with van der Waals surface area (Å²) in [6.07, 6.45) is 0.361. The third-order valence-electron chi connectivity index (χ3n) is 2.69. The minimum Gasteiger partial charge on any atom is -0.324 e. The summed E-state index contributed by atoms with van der Waals surface area (Å²) in [5.41, 5.74) is 7.81. The monoisotopic (exact) mass is 245 g/mol. The molecule has 2 rings (SSSR count). The van der Waals surface area contributed by atoms with E-state index < -0.39 is 0 Å². The fourth-order valence-electron chi connectivity index (χ4n) is 1.73. The molecule has 17 heavy (non-hydrogen) atoms. The average molecular weight is 245 g/mol. The molecular weight excluding hydrogens is 230 g/mol. The molecule has 0 saturated heterocycles. The first kappa shape index (κ1) is 12.0. The Morgan fingerprint density at radius 3 is 2.65 bits per heavy atom. The number of carbonyl (C=O) groups is 1. The van der Waals surface area contributed by atoms with Crippen LogP contribution in [-0.4, -0.2) is 5.78 Å². The van der Waals surface area contributed by atoms with Gasteiger partial charge in [-0.05, 0) is 18.6 Å². The van der Waals surface area contributed by atoms with Crippen LogP contribution in [0.4, 0.5) is 0 Å². The van der Waals surface area contributed by atoms with E-state index in [2.05, 4.69) is 0 Å². The van der Waals surface area contributed by atoms with Gasteiger partial charge in [0.05, 0.1) is 0 Å². The first-order valence-electron chi connectivity index (χ1n) is 5.55. The Morgan fingerprint density at radius 2 is 2.06 bits per heavy atom. The summed E-state index contributed by atoms with van der Waals surface area (Å²) in [4.78, 5) is 13.1. The Morgan fingerprint density at radius 1 is 1.35 bits per heavy atom. The second-order valence-corrected chi connectivity index (χ2v) is 5.21. The van der Waals surface area contributed by atoms with Gasteiger partial charge in [0, 0.05) is 28.3 Å². The molecule has 1 aromatic heterocycles. The molecule has 0 saturated carbocycles. The van der Waals surface area contributed by atoms with Crippen molar-refractivity contribution in [1.82, 2.24) is 0 Å². The summed E-state index contributed by atoms with van der Waals surface area (Å²) in [6.45, 7) is 2.00. The van der Waals surface area contributed by atoms with Crippen LogP contribution in [0.2, 0.25) is 0 Å². The standard InChI is InChI=1S/C14H15NOS/c1-10-7-12(9-17-10)14(16)8-13(15)11-5-3-2-4-6-11/h2-7,9,13H,8,15H2,1H3. The fourth-order valence-corrected chi connectivity index (χ4v) is 2.43. The van der Waals surface area contributed by atoms with Crippen LogP contribution >= 0.6 is 11.3 Å². The number of thiophene rings is 1. The molecule has 0 aliphatic carbocycles. The lowest BCUT2D eigenvalue weighted by Gasteiger charge is -2.10. The molecule has 2 N–H and O–H groups in total. The maximum atomic E-state index is 12.0. The van der Waals surface area contributed by atoms with E-state index in [-0.39, 0.29) is 11.8 Å². The highest BCUT2D eigenvalue weighted by molar-refractivity contribution is 7.10. The zero-order valence-electron chi connectivity index (χ0n) is 9.72. The first-order chi connectivity index (χ1) is 8.16. The van der Waals surface area contributed by atoms with Crippen LogP contribution in [-0.2, 0) is 0 Å². The second-order valence-electron chi connectivity index (χ2n) is 4.09. The molecule has 1 heterocycles. The van der Waals surface area contributed by atoms with Gasteiger partial charge in [-0.15, -0.1) is 11.3 Å². The highest BCUT2D eigenvalue weighted by atomic mass is 32.1. The van der Waals surface area contributed by atoms with Gasteiger partial charge in [0.1, 0.15) is 0 Å². The first-order valence-corrected chi connectivity index (χ1v) is 6.43. The van der Waals surface area contributed by atoms with E-state index in [1.807, 2.05) is 48.7 Å². The van der Waals surface area contributed by atoms with Crippen LogP contribution in [0.3, 0.4) is 0 Å². The molecule has 2 aromatic rings. The van der Waals surface area contributed by atoms with Crippen molar-refractivity contribution < 1.29 is 4.79 Å². The average Bonchev–Trinajstić information content (AvgIpc) is 2.77. The van der Waals surface area contributed by atoms with E-state index >= 15 is 0 Å². The topological polar surface area (TPSA) is 43.1 Å². The Hall–Kier alpha value is -1.45. The molecule has 2 nitrogen and oxygen atoms in total. The summed E-state index contributed by atoms with van der Waals surface area (Å²) in [7, 11) is 0. The number of nitrogens with two attached hydrogens (primary N) is 1. The molecule has 1 atom stereocenters. The van der Waals surface area contributed by atoms with E-state index in [0.29, 0.717) is 6.42 Å². The number of Topliss-reactive ketones (excluding diaryl/α,β-unsaturated/α-hetero) is 1. The van der Waals surface area contributed by atoms with E-state index in [4.69, 9.17) is 5.73 Å². The lowest BCUT2D eigenvalue weighted by molar-refractivity contribution is 0.0974. The third-order valence-corrected chi connectivity index (χ3v) is 3.55. The minimum atomic E-state index is -0.219. The van der Waals surface area contributed by atoms with Crippen molar-refractivity contribution in [3.05, 3.63) is 57.8 Å². The van der Waals surface area contributed by atoms with Gasteiger partial charge in [-0.3, -0.25) is 4.79 Å².